The number of aromatic nitrogens is 1. The average molecular weight is 226 g/mol. The van der Waals surface area contributed by atoms with Crippen molar-refractivity contribution in [3.05, 3.63) is 24.0 Å². The molecular weight excluding hydrogens is 208 g/mol. The highest BCUT2D eigenvalue weighted by atomic mass is 32.2. The molecule has 3 nitrogen and oxygen atoms in total. The first-order valence-corrected chi connectivity index (χ1v) is 6.77. The zero-order chi connectivity index (χ0) is 11.7. The minimum absolute atomic E-state index is 0.111. The molecule has 0 aliphatic heterocycles. The monoisotopic (exact) mass is 226 g/mol. The van der Waals surface area contributed by atoms with Crippen LogP contribution in [-0.4, -0.2) is 22.5 Å². The maximum Gasteiger partial charge on any atom is 0.0738 e. The Labute approximate surface area is 92.1 Å². The predicted octanol–water partition coefficient (Wildman–Crippen LogP) is 2.47. The van der Waals surface area contributed by atoms with E-state index in [9.17, 15) is 4.21 Å². The van der Waals surface area contributed by atoms with E-state index in [1.165, 1.54) is 0 Å². The van der Waals surface area contributed by atoms with E-state index in [-0.39, 0.29) is 5.41 Å². The van der Waals surface area contributed by atoms with E-state index in [2.05, 4.69) is 30.1 Å². The number of pyridine rings is 1. The van der Waals surface area contributed by atoms with Gasteiger partial charge in [0.05, 0.1) is 20.3 Å². The normalized spacial score (nSPS) is 15.8. The Hall–Kier alpha value is -0.900. The van der Waals surface area contributed by atoms with Crippen LogP contribution in [0.3, 0.4) is 0 Å². The summed E-state index contributed by atoms with van der Waals surface area (Å²) in [5.41, 5.74) is 0.753. The Balaban J connectivity index is 3.52. The summed E-state index contributed by atoms with van der Waals surface area (Å²) in [6.45, 7) is 6.18. The molecule has 1 aromatic heterocycles. The van der Waals surface area contributed by atoms with Gasteiger partial charge in [0.25, 0.3) is 0 Å². The highest BCUT2D eigenvalue weighted by Gasteiger charge is 2.22. The van der Waals surface area contributed by atoms with Crippen LogP contribution in [-0.2, 0) is 15.1 Å². The minimum Gasteiger partial charge on any atom is -0.259 e. The SMILES string of the molecule is CN=[S@@](C)(=O)c1cccnc1C(C)(C)C. The quantitative estimate of drug-likeness (QED) is 0.738. The summed E-state index contributed by atoms with van der Waals surface area (Å²) in [6, 6.07) is 3.65. The molecule has 0 unspecified atom stereocenters. The van der Waals surface area contributed by atoms with Crippen LogP contribution in [0.25, 0.3) is 0 Å². The Bertz CT molecular complexity index is 466. The minimum atomic E-state index is -2.30. The lowest BCUT2D eigenvalue weighted by molar-refractivity contribution is 0.552. The standard InChI is InChI=1S/C11H18N2OS/c1-11(2,3)10-9(7-6-8-13-10)15(5,14)12-4/h6-8H,1-5H3/t15-/m0/s1. The predicted molar refractivity (Wildman–Crippen MR) is 63.6 cm³/mol. The lowest BCUT2D eigenvalue weighted by Crippen LogP contribution is -2.18. The maximum absolute atomic E-state index is 12.2. The van der Waals surface area contributed by atoms with Gasteiger partial charge in [0.1, 0.15) is 0 Å². The van der Waals surface area contributed by atoms with Gasteiger partial charge in [-0.3, -0.25) is 4.98 Å². The van der Waals surface area contributed by atoms with Crippen molar-refractivity contribution in [2.45, 2.75) is 31.1 Å². The molecule has 0 saturated heterocycles. The molecule has 0 bridgehead atoms. The fraction of sp³-hybridized carbons (Fsp3) is 0.545. The van der Waals surface area contributed by atoms with E-state index in [4.69, 9.17) is 0 Å². The van der Waals surface area contributed by atoms with E-state index in [1.807, 2.05) is 6.07 Å². The summed E-state index contributed by atoms with van der Waals surface area (Å²) in [7, 11) is -0.714. The Morgan fingerprint density at radius 1 is 1.40 bits per heavy atom. The first-order valence-electron chi connectivity index (χ1n) is 4.85. The molecule has 0 aliphatic rings. The molecule has 0 spiro atoms. The lowest BCUT2D eigenvalue weighted by Gasteiger charge is -2.21. The number of nitrogens with zero attached hydrogens (tertiary/aromatic N) is 2. The Morgan fingerprint density at radius 3 is 2.47 bits per heavy atom. The van der Waals surface area contributed by atoms with Crippen molar-refractivity contribution >= 4 is 9.73 Å². The van der Waals surface area contributed by atoms with Crippen molar-refractivity contribution in [1.82, 2.24) is 4.98 Å². The third-order valence-corrected chi connectivity index (χ3v) is 4.08. The largest absolute Gasteiger partial charge is 0.259 e. The van der Waals surface area contributed by atoms with Crippen LogP contribution in [0, 0.1) is 0 Å². The molecule has 0 amide bonds. The van der Waals surface area contributed by atoms with Gasteiger partial charge in [-0.05, 0) is 12.1 Å². The molecule has 0 saturated carbocycles. The van der Waals surface area contributed by atoms with Gasteiger partial charge < -0.3 is 0 Å². The molecule has 1 heterocycles. The van der Waals surface area contributed by atoms with Crippen LogP contribution >= 0.6 is 0 Å². The van der Waals surface area contributed by atoms with E-state index >= 15 is 0 Å². The molecule has 0 radical (unpaired) electrons. The van der Waals surface area contributed by atoms with Gasteiger partial charge >= 0.3 is 0 Å². The first kappa shape index (κ1) is 12.2. The second kappa shape index (κ2) is 3.93. The van der Waals surface area contributed by atoms with Gasteiger partial charge in [-0.1, -0.05) is 20.8 Å². The number of rotatable bonds is 1. The third kappa shape index (κ3) is 2.56. The van der Waals surface area contributed by atoms with Gasteiger partial charge in [0.2, 0.25) is 0 Å². The van der Waals surface area contributed by atoms with Gasteiger partial charge in [0, 0.05) is 24.9 Å². The zero-order valence-corrected chi connectivity index (χ0v) is 10.8. The number of hydrogen-bond donors (Lipinski definition) is 0. The van der Waals surface area contributed by atoms with Crippen LogP contribution in [0.15, 0.2) is 27.6 Å². The molecule has 1 rings (SSSR count). The fourth-order valence-electron chi connectivity index (χ4n) is 1.36. The fourth-order valence-corrected chi connectivity index (χ4v) is 2.60. The average Bonchev–Trinajstić information content (AvgIpc) is 2.16. The van der Waals surface area contributed by atoms with Gasteiger partial charge in [0.15, 0.2) is 0 Å². The molecule has 4 heteroatoms. The van der Waals surface area contributed by atoms with Crippen molar-refractivity contribution in [2.75, 3.05) is 13.3 Å². The van der Waals surface area contributed by atoms with Crippen LogP contribution in [0.1, 0.15) is 26.5 Å². The summed E-state index contributed by atoms with van der Waals surface area (Å²) in [6.07, 6.45) is 3.38. The highest BCUT2D eigenvalue weighted by molar-refractivity contribution is 7.93. The van der Waals surface area contributed by atoms with Crippen LogP contribution in [0.2, 0.25) is 0 Å². The molecule has 0 aliphatic carbocycles. The summed E-state index contributed by atoms with van der Waals surface area (Å²) in [4.78, 5) is 5.08. The summed E-state index contributed by atoms with van der Waals surface area (Å²) in [5.74, 6) is 0. The second-order valence-corrected chi connectivity index (χ2v) is 7.00. The Kier molecular flexibility index (Phi) is 3.19. The van der Waals surface area contributed by atoms with Crippen molar-refractivity contribution < 1.29 is 4.21 Å². The highest BCUT2D eigenvalue weighted by Crippen LogP contribution is 2.27. The lowest BCUT2D eigenvalue weighted by atomic mass is 9.92. The summed E-state index contributed by atoms with van der Waals surface area (Å²) >= 11 is 0. The van der Waals surface area contributed by atoms with E-state index < -0.39 is 9.73 Å². The van der Waals surface area contributed by atoms with Crippen molar-refractivity contribution in [3.63, 3.8) is 0 Å². The molecule has 1 aromatic rings. The smallest absolute Gasteiger partial charge is 0.0738 e. The van der Waals surface area contributed by atoms with Gasteiger partial charge in [-0.2, -0.15) is 0 Å². The van der Waals surface area contributed by atoms with Crippen molar-refractivity contribution in [2.24, 2.45) is 4.36 Å². The van der Waals surface area contributed by atoms with E-state index in [1.54, 1.807) is 25.6 Å². The zero-order valence-electron chi connectivity index (χ0n) is 9.94. The molecule has 15 heavy (non-hydrogen) atoms. The van der Waals surface area contributed by atoms with Crippen molar-refractivity contribution in [3.8, 4) is 0 Å². The topological polar surface area (TPSA) is 42.3 Å². The molecule has 84 valence electrons. The van der Waals surface area contributed by atoms with Crippen LogP contribution in [0.5, 0.6) is 0 Å². The number of hydrogen-bond acceptors (Lipinski definition) is 3. The second-order valence-electron chi connectivity index (χ2n) is 4.59. The molecule has 1 atom stereocenters. The molecule has 0 aromatic carbocycles. The molecule has 0 N–H and O–H groups in total. The van der Waals surface area contributed by atoms with Gasteiger partial charge in [-0.15, -0.1) is 0 Å². The van der Waals surface area contributed by atoms with E-state index in [0.717, 1.165) is 10.6 Å². The molecule has 0 fully saturated rings. The summed E-state index contributed by atoms with van der Waals surface area (Å²) in [5, 5.41) is 0. The van der Waals surface area contributed by atoms with Crippen LogP contribution < -0.4 is 0 Å². The third-order valence-electron chi connectivity index (χ3n) is 2.24. The molecular formula is C11H18N2OS. The van der Waals surface area contributed by atoms with E-state index in [0.29, 0.717) is 0 Å². The summed E-state index contributed by atoms with van der Waals surface area (Å²) < 4.78 is 16.2. The van der Waals surface area contributed by atoms with Crippen LogP contribution in [0.4, 0.5) is 0 Å². The Morgan fingerprint density at radius 2 is 2.00 bits per heavy atom. The first-order chi connectivity index (χ1) is 6.79. The van der Waals surface area contributed by atoms with Crippen molar-refractivity contribution in [1.29, 1.82) is 0 Å². The van der Waals surface area contributed by atoms with Gasteiger partial charge in [-0.25, -0.2) is 8.57 Å². The maximum atomic E-state index is 12.2.